The van der Waals surface area contributed by atoms with Crippen LogP contribution in [0.5, 0.6) is 0 Å². The third-order valence-electron chi connectivity index (χ3n) is 4.16. The van der Waals surface area contributed by atoms with Gasteiger partial charge in [0, 0.05) is 18.0 Å². The van der Waals surface area contributed by atoms with Crippen molar-refractivity contribution in [3.63, 3.8) is 0 Å². The van der Waals surface area contributed by atoms with Crippen LogP contribution >= 0.6 is 23.4 Å². The molecule has 4 rings (SSSR count). The second-order valence-electron chi connectivity index (χ2n) is 6.04. The number of nitrogens with zero attached hydrogens (tertiary/aromatic N) is 4. The monoisotopic (exact) mass is 426 g/mol. The molecule has 0 bridgehead atoms. The number of carbonyl (C=O) groups is 1. The van der Waals surface area contributed by atoms with Crippen LogP contribution in [0.4, 0.5) is 0 Å². The summed E-state index contributed by atoms with van der Waals surface area (Å²) in [5.41, 5.74) is 1.57. The molecule has 0 atom stereocenters. The number of hydrogen-bond acceptors (Lipinski definition) is 6. The fraction of sp³-hybridized carbons (Fsp3) is 0.100. The lowest BCUT2D eigenvalue weighted by molar-refractivity contribution is 0.0457. The van der Waals surface area contributed by atoms with Crippen molar-refractivity contribution in [2.24, 2.45) is 0 Å². The minimum atomic E-state index is -0.556. The minimum Gasteiger partial charge on any atom is -0.454 e. The van der Waals surface area contributed by atoms with Gasteiger partial charge < -0.3 is 4.74 Å². The summed E-state index contributed by atoms with van der Waals surface area (Å²) in [6.07, 6.45) is 4.85. The van der Waals surface area contributed by atoms with E-state index in [1.807, 2.05) is 36.6 Å². The average molecular weight is 427 g/mol. The van der Waals surface area contributed by atoms with Gasteiger partial charge in [0.25, 0.3) is 5.56 Å². The highest BCUT2D eigenvalue weighted by Gasteiger charge is 2.19. The lowest BCUT2D eigenvalue weighted by Gasteiger charge is -2.11. The molecule has 0 aliphatic carbocycles. The number of para-hydroxylation sites is 1. The van der Waals surface area contributed by atoms with Gasteiger partial charge in [0.2, 0.25) is 0 Å². The molecular weight excluding hydrogens is 412 g/mol. The molecule has 0 radical (unpaired) electrons. The molecule has 1 aromatic carbocycles. The minimum absolute atomic E-state index is 0.137. The summed E-state index contributed by atoms with van der Waals surface area (Å²) in [7, 11) is 0. The Morgan fingerprint density at radius 3 is 2.76 bits per heavy atom. The second kappa shape index (κ2) is 8.10. The van der Waals surface area contributed by atoms with Gasteiger partial charge in [0.05, 0.1) is 16.9 Å². The lowest BCUT2D eigenvalue weighted by atomic mass is 10.3. The molecule has 0 aliphatic heterocycles. The first-order chi connectivity index (χ1) is 14.1. The summed E-state index contributed by atoms with van der Waals surface area (Å²) in [6.45, 7) is -0.137. The van der Waals surface area contributed by atoms with E-state index in [1.54, 1.807) is 16.7 Å². The van der Waals surface area contributed by atoms with E-state index in [0.29, 0.717) is 27.2 Å². The molecular formula is C20H15ClN4O3S. The number of rotatable bonds is 5. The molecule has 0 saturated heterocycles. The van der Waals surface area contributed by atoms with Gasteiger partial charge in [-0.3, -0.25) is 13.8 Å². The van der Waals surface area contributed by atoms with Crippen LogP contribution in [0.15, 0.2) is 70.9 Å². The first kappa shape index (κ1) is 19.2. The normalized spacial score (nSPS) is 11.0. The van der Waals surface area contributed by atoms with Gasteiger partial charge in [0.15, 0.2) is 10.9 Å². The fourth-order valence-corrected chi connectivity index (χ4v) is 3.57. The molecule has 3 aromatic heterocycles. The van der Waals surface area contributed by atoms with Gasteiger partial charge >= 0.3 is 5.97 Å². The van der Waals surface area contributed by atoms with Crippen molar-refractivity contribution >= 4 is 35.0 Å². The van der Waals surface area contributed by atoms with E-state index in [9.17, 15) is 9.59 Å². The fourth-order valence-electron chi connectivity index (χ4n) is 2.86. The Morgan fingerprint density at radius 1 is 1.21 bits per heavy atom. The molecule has 0 spiro atoms. The molecule has 146 valence electrons. The van der Waals surface area contributed by atoms with E-state index >= 15 is 0 Å². The van der Waals surface area contributed by atoms with Crippen LogP contribution in [0.3, 0.4) is 0 Å². The second-order valence-corrected chi connectivity index (χ2v) is 7.25. The molecule has 0 amide bonds. The van der Waals surface area contributed by atoms with Crippen LogP contribution < -0.4 is 5.56 Å². The molecule has 29 heavy (non-hydrogen) atoms. The number of thioether (sulfide) groups is 1. The zero-order valence-corrected chi connectivity index (χ0v) is 16.9. The third-order valence-corrected chi connectivity index (χ3v) is 5.04. The van der Waals surface area contributed by atoms with Gasteiger partial charge in [-0.1, -0.05) is 41.6 Å². The zero-order valence-electron chi connectivity index (χ0n) is 15.3. The lowest BCUT2D eigenvalue weighted by Crippen LogP contribution is -2.17. The maximum absolute atomic E-state index is 12.7. The number of halogens is 1. The number of fused-ring (bicyclic) bond motifs is 1. The van der Waals surface area contributed by atoms with E-state index in [-0.39, 0.29) is 12.2 Å². The standard InChI is InChI=1S/C20H15ClN4O3S/c1-29-20-22-10-16(25(20)15-5-3-2-4-6-15)19(27)28-12-14-9-18(26)24-11-13(21)7-8-17(24)23-14/h2-11H,12H2,1H3. The summed E-state index contributed by atoms with van der Waals surface area (Å²) in [4.78, 5) is 33.6. The Labute approximate surface area is 174 Å². The van der Waals surface area contributed by atoms with Crippen LogP contribution in [-0.2, 0) is 11.3 Å². The number of benzene rings is 1. The van der Waals surface area contributed by atoms with Crippen LogP contribution in [0.1, 0.15) is 16.2 Å². The van der Waals surface area contributed by atoms with Crippen LogP contribution in [0.2, 0.25) is 5.02 Å². The average Bonchev–Trinajstić information content (AvgIpc) is 3.17. The van der Waals surface area contributed by atoms with Crippen molar-refractivity contribution in [2.45, 2.75) is 11.8 Å². The smallest absolute Gasteiger partial charge is 0.357 e. The predicted octanol–water partition coefficient (Wildman–Crippen LogP) is 3.61. The molecule has 7 nitrogen and oxygen atoms in total. The number of carbonyl (C=O) groups excluding carboxylic acids is 1. The Morgan fingerprint density at radius 2 is 2.00 bits per heavy atom. The zero-order chi connectivity index (χ0) is 20.4. The van der Waals surface area contributed by atoms with Crippen molar-refractivity contribution in [1.82, 2.24) is 18.9 Å². The maximum atomic E-state index is 12.7. The van der Waals surface area contributed by atoms with E-state index in [4.69, 9.17) is 16.3 Å². The highest BCUT2D eigenvalue weighted by atomic mass is 35.5. The first-order valence-corrected chi connectivity index (χ1v) is 10.2. The first-order valence-electron chi connectivity index (χ1n) is 8.59. The van der Waals surface area contributed by atoms with Crippen LogP contribution in [-0.4, -0.2) is 31.2 Å². The van der Waals surface area contributed by atoms with Crippen molar-refractivity contribution in [2.75, 3.05) is 6.26 Å². The van der Waals surface area contributed by atoms with E-state index in [0.717, 1.165) is 5.69 Å². The Hall–Kier alpha value is -3.10. The van der Waals surface area contributed by atoms with Crippen molar-refractivity contribution in [3.05, 3.63) is 87.7 Å². The maximum Gasteiger partial charge on any atom is 0.357 e. The highest BCUT2D eigenvalue weighted by molar-refractivity contribution is 7.98. The van der Waals surface area contributed by atoms with Crippen LogP contribution in [0, 0.1) is 0 Å². The molecule has 0 saturated carbocycles. The molecule has 0 fully saturated rings. The molecule has 3 heterocycles. The third kappa shape index (κ3) is 3.90. The predicted molar refractivity (Wildman–Crippen MR) is 111 cm³/mol. The molecule has 4 aromatic rings. The van der Waals surface area contributed by atoms with Crippen molar-refractivity contribution < 1.29 is 9.53 Å². The summed E-state index contributed by atoms with van der Waals surface area (Å²) >= 11 is 7.34. The summed E-state index contributed by atoms with van der Waals surface area (Å²) in [6, 6.07) is 14.0. The van der Waals surface area contributed by atoms with Crippen LogP contribution in [0.25, 0.3) is 11.3 Å². The van der Waals surface area contributed by atoms with Gasteiger partial charge in [-0.15, -0.1) is 0 Å². The number of ether oxygens (including phenoxy) is 1. The molecule has 0 N–H and O–H groups in total. The Bertz CT molecular complexity index is 1250. The molecule has 0 unspecified atom stereocenters. The van der Waals surface area contributed by atoms with Gasteiger partial charge in [-0.2, -0.15) is 0 Å². The summed E-state index contributed by atoms with van der Waals surface area (Å²) in [5, 5.41) is 1.10. The summed E-state index contributed by atoms with van der Waals surface area (Å²) in [5.74, 6) is -0.556. The van der Waals surface area contributed by atoms with Crippen molar-refractivity contribution in [3.8, 4) is 5.69 Å². The molecule has 9 heteroatoms. The molecule has 0 aliphatic rings. The number of imidazole rings is 1. The number of aromatic nitrogens is 4. The van der Waals surface area contributed by atoms with Crippen molar-refractivity contribution in [1.29, 1.82) is 0 Å². The van der Waals surface area contributed by atoms with Gasteiger partial charge in [-0.25, -0.2) is 14.8 Å². The van der Waals surface area contributed by atoms with E-state index < -0.39 is 5.97 Å². The number of pyridine rings is 1. The quantitative estimate of drug-likeness (QED) is 0.358. The number of hydrogen-bond donors (Lipinski definition) is 0. The summed E-state index contributed by atoms with van der Waals surface area (Å²) < 4.78 is 8.49. The Kier molecular flexibility index (Phi) is 5.37. The SMILES string of the molecule is CSc1ncc(C(=O)OCc2cc(=O)n3cc(Cl)ccc3n2)n1-c1ccccc1. The largest absolute Gasteiger partial charge is 0.454 e. The Balaban J connectivity index is 1.60. The highest BCUT2D eigenvalue weighted by Crippen LogP contribution is 2.22. The number of esters is 1. The van der Waals surface area contributed by atoms with Gasteiger partial charge in [-0.05, 0) is 30.5 Å². The van der Waals surface area contributed by atoms with E-state index in [1.165, 1.54) is 34.6 Å². The van der Waals surface area contributed by atoms with Gasteiger partial charge in [0.1, 0.15) is 12.3 Å². The van der Waals surface area contributed by atoms with E-state index in [2.05, 4.69) is 9.97 Å². The topological polar surface area (TPSA) is 78.5 Å².